The molecular formula is C14H15ClN6. The summed E-state index contributed by atoms with van der Waals surface area (Å²) in [5, 5.41) is 17.8. The number of nitrogens with zero attached hydrogens (tertiary/aromatic N) is 6. The van der Waals surface area contributed by atoms with Crippen LogP contribution in [-0.4, -0.2) is 32.8 Å². The van der Waals surface area contributed by atoms with Crippen molar-refractivity contribution in [3.05, 3.63) is 35.1 Å². The van der Waals surface area contributed by atoms with Gasteiger partial charge >= 0.3 is 0 Å². The zero-order valence-corrected chi connectivity index (χ0v) is 12.5. The van der Waals surface area contributed by atoms with Crippen LogP contribution in [0.3, 0.4) is 0 Å². The zero-order valence-electron chi connectivity index (χ0n) is 11.7. The van der Waals surface area contributed by atoms with E-state index in [1.165, 1.54) is 0 Å². The number of piperidine rings is 1. The standard InChI is InChI=1S/C14H15ClN6/c1-20-9-18-19-14(20)10-3-6-21(7-4-10)12-11(8-16)2-5-17-13(12)15/h2,5,9-10H,3-4,6-7H2,1H3. The largest absolute Gasteiger partial charge is 0.368 e. The van der Waals surface area contributed by atoms with Crippen LogP contribution in [0.15, 0.2) is 18.6 Å². The molecule has 2 aromatic heterocycles. The molecule has 1 aliphatic rings. The molecular weight excluding hydrogens is 288 g/mol. The summed E-state index contributed by atoms with van der Waals surface area (Å²) in [6.07, 6.45) is 5.22. The van der Waals surface area contributed by atoms with Gasteiger partial charge in [-0.25, -0.2) is 4.98 Å². The molecule has 0 amide bonds. The molecule has 0 aliphatic carbocycles. The quantitative estimate of drug-likeness (QED) is 0.795. The predicted octanol–water partition coefficient (Wildman–Crippen LogP) is 2.12. The van der Waals surface area contributed by atoms with Gasteiger partial charge in [-0.15, -0.1) is 10.2 Å². The fourth-order valence-electron chi connectivity index (χ4n) is 2.84. The van der Waals surface area contributed by atoms with Gasteiger partial charge in [0.15, 0.2) is 5.15 Å². The molecule has 0 atom stereocenters. The van der Waals surface area contributed by atoms with E-state index in [4.69, 9.17) is 11.6 Å². The number of pyridine rings is 1. The Labute approximate surface area is 128 Å². The van der Waals surface area contributed by atoms with E-state index in [0.29, 0.717) is 16.6 Å². The van der Waals surface area contributed by atoms with Crippen LogP contribution < -0.4 is 4.90 Å². The summed E-state index contributed by atoms with van der Waals surface area (Å²) in [4.78, 5) is 6.23. The third-order valence-electron chi connectivity index (χ3n) is 3.92. The van der Waals surface area contributed by atoms with Gasteiger partial charge in [-0.1, -0.05) is 11.6 Å². The summed E-state index contributed by atoms with van der Waals surface area (Å²) in [5.74, 6) is 1.42. The first-order valence-corrected chi connectivity index (χ1v) is 7.22. The van der Waals surface area contributed by atoms with E-state index in [9.17, 15) is 5.26 Å². The summed E-state index contributed by atoms with van der Waals surface area (Å²) < 4.78 is 1.97. The van der Waals surface area contributed by atoms with Crippen molar-refractivity contribution in [3.8, 4) is 6.07 Å². The number of aryl methyl sites for hydroxylation is 1. The molecule has 2 aromatic rings. The Morgan fingerprint density at radius 2 is 2.14 bits per heavy atom. The lowest BCUT2D eigenvalue weighted by atomic mass is 9.95. The second-order valence-electron chi connectivity index (χ2n) is 5.17. The molecule has 21 heavy (non-hydrogen) atoms. The molecule has 0 unspecified atom stereocenters. The van der Waals surface area contributed by atoms with Gasteiger partial charge in [0.1, 0.15) is 18.2 Å². The maximum Gasteiger partial charge on any atom is 0.153 e. The first kappa shape index (κ1) is 13.8. The highest BCUT2D eigenvalue weighted by molar-refractivity contribution is 6.32. The smallest absolute Gasteiger partial charge is 0.153 e. The minimum absolute atomic E-state index is 0.395. The van der Waals surface area contributed by atoms with Crippen LogP contribution in [0.4, 0.5) is 5.69 Å². The Balaban J connectivity index is 1.78. The van der Waals surface area contributed by atoms with Crippen molar-refractivity contribution < 1.29 is 0 Å². The van der Waals surface area contributed by atoms with E-state index < -0.39 is 0 Å². The lowest BCUT2D eigenvalue weighted by Crippen LogP contribution is -2.34. The number of anilines is 1. The minimum atomic E-state index is 0.395. The summed E-state index contributed by atoms with van der Waals surface area (Å²) in [5.41, 5.74) is 1.32. The van der Waals surface area contributed by atoms with Crippen LogP contribution in [0.5, 0.6) is 0 Å². The molecule has 1 saturated heterocycles. The average Bonchev–Trinajstić information content (AvgIpc) is 2.93. The second-order valence-corrected chi connectivity index (χ2v) is 5.53. The van der Waals surface area contributed by atoms with Crippen molar-refractivity contribution in [1.29, 1.82) is 5.26 Å². The number of halogens is 1. The molecule has 3 rings (SSSR count). The van der Waals surface area contributed by atoms with Gasteiger partial charge in [-0.2, -0.15) is 5.26 Å². The molecule has 0 radical (unpaired) electrons. The van der Waals surface area contributed by atoms with Crippen molar-refractivity contribution in [2.24, 2.45) is 7.05 Å². The SMILES string of the molecule is Cn1cnnc1C1CCN(c2c(C#N)ccnc2Cl)CC1. The summed E-state index contributed by atoms with van der Waals surface area (Å²) >= 11 is 6.17. The molecule has 0 aromatic carbocycles. The molecule has 6 nitrogen and oxygen atoms in total. The van der Waals surface area contributed by atoms with Gasteiger partial charge in [0, 0.05) is 32.3 Å². The van der Waals surface area contributed by atoms with E-state index in [-0.39, 0.29) is 0 Å². The fraction of sp³-hybridized carbons (Fsp3) is 0.429. The molecule has 108 valence electrons. The van der Waals surface area contributed by atoms with Gasteiger partial charge in [0.05, 0.1) is 11.3 Å². The Morgan fingerprint density at radius 3 is 2.76 bits per heavy atom. The van der Waals surface area contributed by atoms with Crippen LogP contribution in [0.25, 0.3) is 0 Å². The highest BCUT2D eigenvalue weighted by atomic mass is 35.5. The topological polar surface area (TPSA) is 70.6 Å². The molecule has 0 spiro atoms. The maximum absolute atomic E-state index is 9.23. The van der Waals surface area contributed by atoms with Crippen LogP contribution in [-0.2, 0) is 7.05 Å². The van der Waals surface area contributed by atoms with Gasteiger partial charge in [-0.05, 0) is 18.9 Å². The number of hydrogen-bond acceptors (Lipinski definition) is 5. The highest BCUT2D eigenvalue weighted by Crippen LogP contribution is 2.33. The second kappa shape index (κ2) is 5.70. The van der Waals surface area contributed by atoms with E-state index >= 15 is 0 Å². The molecule has 1 aliphatic heterocycles. The van der Waals surface area contributed by atoms with Crippen molar-refractivity contribution in [3.63, 3.8) is 0 Å². The van der Waals surface area contributed by atoms with Gasteiger partial charge in [-0.3, -0.25) is 0 Å². The van der Waals surface area contributed by atoms with Crippen LogP contribution in [0, 0.1) is 11.3 Å². The van der Waals surface area contributed by atoms with Crippen molar-refractivity contribution in [2.75, 3.05) is 18.0 Å². The van der Waals surface area contributed by atoms with Crippen LogP contribution in [0.2, 0.25) is 5.15 Å². The van der Waals surface area contributed by atoms with E-state index in [2.05, 4.69) is 26.2 Å². The predicted molar refractivity (Wildman–Crippen MR) is 79.2 cm³/mol. The first-order chi connectivity index (χ1) is 10.2. The van der Waals surface area contributed by atoms with E-state index in [0.717, 1.165) is 37.4 Å². The molecule has 1 fully saturated rings. The Morgan fingerprint density at radius 1 is 1.38 bits per heavy atom. The maximum atomic E-state index is 9.23. The molecule has 7 heteroatoms. The average molecular weight is 303 g/mol. The van der Waals surface area contributed by atoms with Gasteiger partial charge < -0.3 is 9.47 Å². The van der Waals surface area contributed by atoms with Crippen molar-refractivity contribution >= 4 is 17.3 Å². The number of aromatic nitrogens is 4. The zero-order chi connectivity index (χ0) is 14.8. The van der Waals surface area contributed by atoms with Gasteiger partial charge in [0.25, 0.3) is 0 Å². The first-order valence-electron chi connectivity index (χ1n) is 6.84. The molecule has 0 bridgehead atoms. The number of hydrogen-bond donors (Lipinski definition) is 0. The summed E-state index contributed by atoms with van der Waals surface area (Å²) in [7, 11) is 1.97. The lowest BCUT2D eigenvalue weighted by molar-refractivity contribution is 0.474. The van der Waals surface area contributed by atoms with E-state index in [1.54, 1.807) is 18.6 Å². The monoisotopic (exact) mass is 302 g/mol. The molecule has 0 saturated carbocycles. The molecule has 3 heterocycles. The van der Waals surface area contributed by atoms with Crippen LogP contribution >= 0.6 is 11.6 Å². The van der Waals surface area contributed by atoms with Gasteiger partial charge in [0.2, 0.25) is 0 Å². The summed E-state index contributed by atoms with van der Waals surface area (Å²) in [6, 6.07) is 3.89. The van der Waals surface area contributed by atoms with Crippen molar-refractivity contribution in [2.45, 2.75) is 18.8 Å². The van der Waals surface area contributed by atoms with Crippen LogP contribution in [0.1, 0.15) is 30.1 Å². The normalized spacial score (nSPS) is 16.0. The number of nitriles is 1. The minimum Gasteiger partial charge on any atom is -0.368 e. The fourth-order valence-corrected chi connectivity index (χ4v) is 3.12. The third kappa shape index (κ3) is 2.57. The Hall–Kier alpha value is -2.13. The Kier molecular flexibility index (Phi) is 3.76. The third-order valence-corrected chi connectivity index (χ3v) is 4.20. The Bertz CT molecular complexity index is 681. The highest BCUT2D eigenvalue weighted by Gasteiger charge is 2.26. The molecule has 0 N–H and O–H groups in total. The van der Waals surface area contributed by atoms with E-state index in [1.807, 2.05) is 11.6 Å². The number of rotatable bonds is 2. The van der Waals surface area contributed by atoms with Crippen molar-refractivity contribution in [1.82, 2.24) is 19.7 Å². The lowest BCUT2D eigenvalue weighted by Gasteiger charge is -2.33. The summed E-state index contributed by atoms with van der Waals surface area (Å²) in [6.45, 7) is 1.66.